The van der Waals surface area contributed by atoms with Crippen molar-refractivity contribution in [3.63, 3.8) is 0 Å². The van der Waals surface area contributed by atoms with Gasteiger partial charge in [-0.05, 0) is 12.1 Å². The van der Waals surface area contributed by atoms with Crippen molar-refractivity contribution in [3.8, 4) is 0 Å². The van der Waals surface area contributed by atoms with Crippen LogP contribution in [0.2, 0.25) is 4.34 Å². The third kappa shape index (κ3) is 4.91. The number of aliphatic carboxylic acids is 1. The Labute approximate surface area is 113 Å². The Kier molecular flexibility index (Phi) is 5.90. The lowest BCUT2D eigenvalue weighted by Crippen LogP contribution is -2.47. The molecule has 0 spiro atoms. The zero-order valence-corrected chi connectivity index (χ0v) is 11.2. The summed E-state index contributed by atoms with van der Waals surface area (Å²) in [5, 5.41) is 13.6. The average Bonchev–Trinajstić information content (AvgIpc) is 2.72. The summed E-state index contributed by atoms with van der Waals surface area (Å²) in [7, 11) is 1.36. The number of carboxylic acid groups (broad SMARTS) is 1. The second-order valence-electron chi connectivity index (χ2n) is 3.38. The summed E-state index contributed by atoms with van der Waals surface area (Å²) in [5.74, 6) is -1.15. The van der Waals surface area contributed by atoms with Crippen molar-refractivity contribution < 1.29 is 19.4 Å². The lowest BCUT2D eigenvalue weighted by Gasteiger charge is -2.13. The molecule has 0 aromatic carbocycles. The molecule has 0 saturated heterocycles. The Morgan fingerprint density at radius 1 is 1.56 bits per heavy atom. The number of hydrogen-bond acceptors (Lipinski definition) is 4. The normalized spacial score (nSPS) is 11.9. The number of carboxylic acids is 1. The molecule has 1 aromatic rings. The summed E-state index contributed by atoms with van der Waals surface area (Å²) >= 11 is 7.09. The van der Waals surface area contributed by atoms with E-state index in [4.69, 9.17) is 21.4 Å². The van der Waals surface area contributed by atoms with Gasteiger partial charge in [0.1, 0.15) is 0 Å². The maximum absolute atomic E-state index is 11.4. The van der Waals surface area contributed by atoms with Gasteiger partial charge in [0.2, 0.25) is 0 Å². The minimum atomic E-state index is -1.15. The monoisotopic (exact) mass is 292 g/mol. The first kappa shape index (κ1) is 14.7. The molecule has 3 N–H and O–H groups in total. The summed E-state index contributed by atoms with van der Waals surface area (Å²) in [4.78, 5) is 23.1. The minimum Gasteiger partial charge on any atom is -0.480 e. The lowest BCUT2D eigenvalue weighted by atomic mass is 10.3. The Hall–Kier alpha value is -1.31. The van der Waals surface area contributed by atoms with E-state index < -0.39 is 18.0 Å². The summed E-state index contributed by atoms with van der Waals surface area (Å²) in [6.07, 6.45) is 0. The van der Waals surface area contributed by atoms with Crippen LogP contribution in [0.15, 0.2) is 12.1 Å². The molecular formula is C10H13ClN2O4S. The number of carbonyl (C=O) groups excluding carboxylic acids is 1. The zero-order chi connectivity index (χ0) is 13.5. The van der Waals surface area contributed by atoms with Crippen molar-refractivity contribution in [3.05, 3.63) is 21.3 Å². The second kappa shape index (κ2) is 7.20. The highest BCUT2D eigenvalue weighted by Crippen LogP contribution is 2.20. The van der Waals surface area contributed by atoms with Gasteiger partial charge in [-0.15, -0.1) is 11.3 Å². The fourth-order valence-corrected chi connectivity index (χ4v) is 2.19. The van der Waals surface area contributed by atoms with E-state index in [0.29, 0.717) is 10.9 Å². The predicted octanol–water partition coefficient (Wildman–Crippen LogP) is 1.30. The number of halogens is 1. The highest BCUT2D eigenvalue weighted by Gasteiger charge is 2.19. The van der Waals surface area contributed by atoms with Crippen LogP contribution < -0.4 is 10.6 Å². The summed E-state index contributed by atoms with van der Waals surface area (Å²) in [5.41, 5.74) is 0. The summed E-state index contributed by atoms with van der Waals surface area (Å²) in [6, 6.07) is 1.88. The molecule has 1 rings (SSSR count). The van der Waals surface area contributed by atoms with E-state index >= 15 is 0 Å². The average molecular weight is 293 g/mol. The first-order valence-corrected chi connectivity index (χ1v) is 6.22. The van der Waals surface area contributed by atoms with Gasteiger partial charge in [-0.2, -0.15) is 0 Å². The van der Waals surface area contributed by atoms with Crippen LogP contribution in [-0.4, -0.2) is 36.9 Å². The molecule has 0 bridgehead atoms. The van der Waals surface area contributed by atoms with Crippen LogP contribution in [0.1, 0.15) is 4.88 Å². The number of nitrogens with one attached hydrogen (secondary N) is 2. The quantitative estimate of drug-likeness (QED) is 0.737. The number of rotatable bonds is 6. The van der Waals surface area contributed by atoms with Gasteiger partial charge in [-0.25, -0.2) is 9.59 Å². The Morgan fingerprint density at radius 2 is 2.28 bits per heavy atom. The van der Waals surface area contributed by atoms with Crippen LogP contribution in [0.4, 0.5) is 4.79 Å². The van der Waals surface area contributed by atoms with E-state index in [1.165, 1.54) is 18.4 Å². The number of ether oxygens (including phenoxy) is 1. The number of urea groups is 1. The van der Waals surface area contributed by atoms with E-state index in [1.54, 1.807) is 12.1 Å². The molecule has 2 amide bonds. The van der Waals surface area contributed by atoms with Crippen molar-refractivity contribution >= 4 is 34.9 Å². The van der Waals surface area contributed by atoms with E-state index in [2.05, 4.69) is 10.6 Å². The first-order chi connectivity index (χ1) is 8.52. The first-order valence-electron chi connectivity index (χ1n) is 5.03. The topological polar surface area (TPSA) is 87.7 Å². The maximum atomic E-state index is 11.4. The van der Waals surface area contributed by atoms with Crippen LogP contribution in [0.5, 0.6) is 0 Å². The van der Waals surface area contributed by atoms with E-state index in [-0.39, 0.29) is 6.61 Å². The minimum absolute atomic E-state index is 0.0897. The highest BCUT2D eigenvalue weighted by atomic mass is 35.5. The van der Waals surface area contributed by atoms with Crippen LogP contribution in [0.25, 0.3) is 0 Å². The Balaban J connectivity index is 2.38. The van der Waals surface area contributed by atoms with Gasteiger partial charge in [0, 0.05) is 12.0 Å². The number of methoxy groups -OCH3 is 1. The molecule has 0 aliphatic rings. The van der Waals surface area contributed by atoms with Gasteiger partial charge in [0.25, 0.3) is 0 Å². The van der Waals surface area contributed by atoms with Gasteiger partial charge in [-0.1, -0.05) is 11.6 Å². The number of thiophene rings is 1. The fraction of sp³-hybridized carbons (Fsp3) is 0.400. The lowest BCUT2D eigenvalue weighted by molar-refractivity contribution is -0.140. The van der Waals surface area contributed by atoms with Gasteiger partial charge in [-0.3, -0.25) is 0 Å². The molecule has 6 nitrogen and oxygen atoms in total. The van der Waals surface area contributed by atoms with Crippen molar-refractivity contribution in [1.82, 2.24) is 10.6 Å². The van der Waals surface area contributed by atoms with Gasteiger partial charge >= 0.3 is 12.0 Å². The standard InChI is InChI=1S/C10H13ClN2O4S/c1-17-5-7(9(14)15)13-10(16)12-4-6-2-3-8(11)18-6/h2-3,7H,4-5H2,1H3,(H,14,15)(H2,12,13,16). The predicted molar refractivity (Wildman–Crippen MR) is 68.0 cm³/mol. The Morgan fingerprint density at radius 3 is 2.78 bits per heavy atom. The highest BCUT2D eigenvalue weighted by molar-refractivity contribution is 7.16. The van der Waals surface area contributed by atoms with E-state index in [1.807, 2.05) is 0 Å². The summed E-state index contributed by atoms with van der Waals surface area (Å²) in [6.45, 7) is 0.204. The molecule has 0 aliphatic carbocycles. The second-order valence-corrected chi connectivity index (χ2v) is 5.18. The molecular weight excluding hydrogens is 280 g/mol. The largest absolute Gasteiger partial charge is 0.480 e. The van der Waals surface area contributed by atoms with E-state index in [9.17, 15) is 9.59 Å². The SMILES string of the molecule is COCC(NC(=O)NCc1ccc(Cl)s1)C(=O)O. The molecule has 0 fully saturated rings. The molecule has 0 saturated carbocycles. The van der Waals surface area contributed by atoms with Crippen LogP contribution in [-0.2, 0) is 16.1 Å². The van der Waals surface area contributed by atoms with E-state index in [0.717, 1.165) is 4.88 Å². The molecule has 1 heterocycles. The van der Waals surface area contributed by atoms with Crippen molar-refractivity contribution in [2.75, 3.05) is 13.7 Å². The molecule has 1 atom stereocenters. The molecule has 8 heteroatoms. The molecule has 1 aromatic heterocycles. The molecule has 0 aliphatic heterocycles. The zero-order valence-electron chi connectivity index (χ0n) is 9.60. The summed E-state index contributed by atoms with van der Waals surface area (Å²) < 4.78 is 5.33. The van der Waals surface area contributed by atoms with Crippen molar-refractivity contribution in [2.45, 2.75) is 12.6 Å². The molecule has 18 heavy (non-hydrogen) atoms. The number of amides is 2. The number of hydrogen-bond donors (Lipinski definition) is 3. The fourth-order valence-electron chi connectivity index (χ4n) is 1.16. The van der Waals surface area contributed by atoms with Gasteiger partial charge in [0.15, 0.2) is 6.04 Å². The Bertz CT molecular complexity index is 424. The van der Waals surface area contributed by atoms with Gasteiger partial charge < -0.3 is 20.5 Å². The smallest absolute Gasteiger partial charge is 0.328 e. The molecule has 1 unspecified atom stereocenters. The van der Waals surface area contributed by atoms with Crippen molar-refractivity contribution in [2.24, 2.45) is 0 Å². The molecule has 0 radical (unpaired) electrons. The number of carbonyl (C=O) groups is 2. The van der Waals surface area contributed by atoms with Crippen LogP contribution >= 0.6 is 22.9 Å². The van der Waals surface area contributed by atoms with Gasteiger partial charge in [0.05, 0.1) is 17.5 Å². The molecule has 100 valence electrons. The van der Waals surface area contributed by atoms with Crippen LogP contribution in [0.3, 0.4) is 0 Å². The maximum Gasteiger partial charge on any atom is 0.328 e. The third-order valence-corrected chi connectivity index (χ3v) is 3.22. The third-order valence-electron chi connectivity index (χ3n) is 1.99. The van der Waals surface area contributed by atoms with Crippen molar-refractivity contribution in [1.29, 1.82) is 0 Å². The van der Waals surface area contributed by atoms with Crippen LogP contribution in [0, 0.1) is 0 Å².